The van der Waals surface area contributed by atoms with E-state index in [4.69, 9.17) is 17.0 Å². The number of thioether (sulfide) groups is 1. The zero-order valence-corrected chi connectivity index (χ0v) is 9.35. The normalized spacial score (nSPS) is 9.00. The van der Waals surface area contributed by atoms with Gasteiger partial charge in [-0.3, -0.25) is 0 Å². The minimum Gasteiger partial charge on any atom is -0.389 e. The molecule has 0 aromatic carbocycles. The summed E-state index contributed by atoms with van der Waals surface area (Å²) >= 11 is 6.46. The van der Waals surface area contributed by atoms with Gasteiger partial charge in [-0.25, -0.2) is 0 Å². The van der Waals surface area contributed by atoms with Crippen LogP contribution in [0.25, 0.3) is 0 Å². The molecular formula is C9H14OS2. The molecule has 0 aromatic heterocycles. The van der Waals surface area contributed by atoms with Crippen molar-refractivity contribution in [3.63, 3.8) is 0 Å². The van der Waals surface area contributed by atoms with Crippen LogP contribution in [0.2, 0.25) is 0 Å². The predicted octanol–water partition coefficient (Wildman–Crippen LogP) is 3.05. The highest BCUT2D eigenvalue weighted by Gasteiger charge is 1.98. The molecule has 0 aliphatic rings. The monoisotopic (exact) mass is 202 g/mol. The molecule has 0 radical (unpaired) electrons. The molecule has 0 atom stereocenters. The summed E-state index contributed by atoms with van der Waals surface area (Å²) in [4.78, 5) is 0. The van der Waals surface area contributed by atoms with E-state index in [0.29, 0.717) is 4.38 Å². The molecule has 0 amide bonds. The molecule has 0 unspecified atom stereocenters. The van der Waals surface area contributed by atoms with E-state index in [2.05, 4.69) is 25.9 Å². The van der Waals surface area contributed by atoms with E-state index >= 15 is 0 Å². The van der Waals surface area contributed by atoms with E-state index in [1.807, 2.05) is 0 Å². The molecule has 0 heterocycles. The Morgan fingerprint density at radius 3 is 2.75 bits per heavy atom. The highest BCUT2D eigenvalue weighted by molar-refractivity contribution is 8.22. The van der Waals surface area contributed by atoms with Crippen molar-refractivity contribution < 1.29 is 4.74 Å². The third kappa shape index (κ3) is 7.90. The summed E-state index contributed by atoms with van der Waals surface area (Å²) in [5.74, 6) is 4.36. The maximum Gasteiger partial charge on any atom is 0.237 e. The molecule has 0 spiro atoms. The molecule has 0 fully saturated rings. The summed E-state index contributed by atoms with van der Waals surface area (Å²) < 4.78 is 5.44. The van der Waals surface area contributed by atoms with Crippen LogP contribution in [-0.2, 0) is 4.74 Å². The molecule has 12 heavy (non-hydrogen) atoms. The minimum absolute atomic E-state index is 0.532. The van der Waals surface area contributed by atoms with Crippen LogP contribution in [0.15, 0.2) is 0 Å². The Labute approximate surface area is 84.3 Å². The minimum atomic E-state index is 0.532. The largest absolute Gasteiger partial charge is 0.389 e. The molecule has 0 saturated heterocycles. The summed E-state index contributed by atoms with van der Waals surface area (Å²) in [7, 11) is 0. The Bertz CT molecular complexity index is 188. The van der Waals surface area contributed by atoms with E-state index in [0.717, 1.165) is 18.1 Å². The lowest BCUT2D eigenvalue weighted by atomic mass is 10.2. The Hall–Kier alpha value is -0.200. The topological polar surface area (TPSA) is 9.23 Å². The van der Waals surface area contributed by atoms with Crippen molar-refractivity contribution >= 4 is 28.4 Å². The molecule has 68 valence electrons. The lowest BCUT2D eigenvalue weighted by molar-refractivity contribution is 0.539. The molecule has 0 bridgehead atoms. The first-order valence-electron chi connectivity index (χ1n) is 3.92. The van der Waals surface area contributed by atoms with Crippen LogP contribution in [0.5, 0.6) is 0 Å². The summed E-state index contributed by atoms with van der Waals surface area (Å²) in [6, 6.07) is 0. The average molecular weight is 202 g/mol. The molecule has 0 saturated carbocycles. The van der Waals surface area contributed by atoms with Crippen molar-refractivity contribution in [2.45, 2.75) is 27.2 Å². The highest BCUT2D eigenvalue weighted by atomic mass is 32.2. The fourth-order valence-electron chi connectivity index (χ4n) is 0.500. The van der Waals surface area contributed by atoms with Crippen molar-refractivity contribution in [2.75, 3.05) is 5.75 Å². The third-order valence-corrected chi connectivity index (χ3v) is 2.35. The SMILES string of the molecule is CC#COC(=S)SCCC(C)C. The van der Waals surface area contributed by atoms with Crippen LogP contribution >= 0.6 is 24.0 Å². The molecule has 1 nitrogen and oxygen atoms in total. The van der Waals surface area contributed by atoms with Gasteiger partial charge in [-0.05, 0) is 24.6 Å². The van der Waals surface area contributed by atoms with Crippen LogP contribution in [0.4, 0.5) is 0 Å². The van der Waals surface area contributed by atoms with Crippen LogP contribution in [0, 0.1) is 17.9 Å². The molecule has 0 aliphatic heterocycles. The molecule has 0 rings (SSSR count). The van der Waals surface area contributed by atoms with Crippen molar-refractivity contribution in [1.82, 2.24) is 0 Å². The first-order valence-corrected chi connectivity index (χ1v) is 5.31. The van der Waals surface area contributed by atoms with E-state index in [9.17, 15) is 0 Å². The van der Waals surface area contributed by atoms with Crippen molar-refractivity contribution in [2.24, 2.45) is 5.92 Å². The van der Waals surface area contributed by atoms with Gasteiger partial charge in [0.15, 0.2) is 0 Å². The fraction of sp³-hybridized carbons (Fsp3) is 0.667. The standard InChI is InChI=1S/C9H14OS2/c1-4-6-10-9(11)12-7-5-8(2)3/h8H,5,7H2,1-3H3. The quantitative estimate of drug-likeness (QED) is 0.514. The van der Waals surface area contributed by atoms with Gasteiger partial charge in [0.05, 0.1) is 0 Å². The van der Waals surface area contributed by atoms with Gasteiger partial charge in [0.25, 0.3) is 0 Å². The van der Waals surface area contributed by atoms with E-state index < -0.39 is 0 Å². The Morgan fingerprint density at radius 2 is 2.25 bits per heavy atom. The summed E-state index contributed by atoms with van der Waals surface area (Å²) in [5.41, 5.74) is 0. The first-order chi connectivity index (χ1) is 5.66. The molecule has 0 N–H and O–H groups in total. The fourth-order valence-corrected chi connectivity index (χ4v) is 1.65. The van der Waals surface area contributed by atoms with Gasteiger partial charge in [0.1, 0.15) is 6.11 Å². The van der Waals surface area contributed by atoms with Crippen molar-refractivity contribution in [1.29, 1.82) is 0 Å². The Morgan fingerprint density at radius 1 is 1.58 bits per heavy atom. The Balaban J connectivity index is 3.36. The zero-order chi connectivity index (χ0) is 9.40. The number of thiocarbonyl (C=S) groups is 1. The van der Waals surface area contributed by atoms with Crippen LogP contribution in [-0.4, -0.2) is 10.1 Å². The molecular weight excluding hydrogens is 188 g/mol. The van der Waals surface area contributed by atoms with E-state index in [1.54, 1.807) is 18.7 Å². The second-order valence-corrected chi connectivity index (χ2v) is 4.43. The third-order valence-electron chi connectivity index (χ3n) is 1.15. The second-order valence-electron chi connectivity index (χ2n) is 2.74. The van der Waals surface area contributed by atoms with Gasteiger partial charge < -0.3 is 4.74 Å². The van der Waals surface area contributed by atoms with E-state index in [-0.39, 0.29) is 0 Å². The van der Waals surface area contributed by atoms with Crippen molar-refractivity contribution in [3.8, 4) is 12.0 Å². The smallest absolute Gasteiger partial charge is 0.237 e. The van der Waals surface area contributed by atoms with Gasteiger partial charge in [-0.15, -0.1) is 0 Å². The Kier molecular flexibility index (Phi) is 7.33. The van der Waals surface area contributed by atoms with Gasteiger partial charge in [0.2, 0.25) is 4.38 Å². The predicted molar refractivity (Wildman–Crippen MR) is 59.0 cm³/mol. The summed E-state index contributed by atoms with van der Waals surface area (Å²) in [5, 5.41) is 0. The van der Waals surface area contributed by atoms with Crippen molar-refractivity contribution in [3.05, 3.63) is 0 Å². The molecule has 3 heteroatoms. The lowest BCUT2D eigenvalue weighted by Crippen LogP contribution is -1.95. The summed E-state index contributed by atoms with van der Waals surface area (Å²) in [6.07, 6.45) is 3.63. The average Bonchev–Trinajstić information content (AvgIpc) is 2.00. The van der Waals surface area contributed by atoms with Crippen LogP contribution in [0.1, 0.15) is 27.2 Å². The van der Waals surface area contributed by atoms with Gasteiger partial charge in [-0.2, -0.15) is 0 Å². The number of rotatable bonds is 3. The number of hydrogen-bond acceptors (Lipinski definition) is 3. The second kappa shape index (κ2) is 7.45. The maximum atomic E-state index is 4.91. The van der Waals surface area contributed by atoms with Gasteiger partial charge in [-0.1, -0.05) is 31.5 Å². The van der Waals surface area contributed by atoms with Crippen LogP contribution < -0.4 is 0 Å². The van der Waals surface area contributed by atoms with E-state index in [1.165, 1.54) is 0 Å². The number of hydrogen-bond donors (Lipinski definition) is 0. The van der Waals surface area contributed by atoms with Gasteiger partial charge in [0, 0.05) is 12.7 Å². The maximum absolute atomic E-state index is 4.91. The molecule has 0 aliphatic carbocycles. The molecule has 0 aromatic rings. The number of ether oxygens (including phenoxy) is 1. The first kappa shape index (κ1) is 11.8. The lowest BCUT2D eigenvalue weighted by Gasteiger charge is -2.02. The zero-order valence-electron chi connectivity index (χ0n) is 7.72. The summed E-state index contributed by atoms with van der Waals surface area (Å²) in [6.45, 7) is 6.11. The highest BCUT2D eigenvalue weighted by Crippen LogP contribution is 2.11. The van der Waals surface area contributed by atoms with Crippen LogP contribution in [0.3, 0.4) is 0 Å². The van der Waals surface area contributed by atoms with Gasteiger partial charge >= 0.3 is 0 Å².